The summed E-state index contributed by atoms with van der Waals surface area (Å²) in [5.41, 5.74) is -11.1. The first-order valence-electron chi connectivity index (χ1n) is 20.9. The van der Waals surface area contributed by atoms with Gasteiger partial charge in [-0.1, -0.05) is 13.8 Å². The molecule has 7 aromatic rings. The molecule has 362 valence electrons. The van der Waals surface area contributed by atoms with Crippen LogP contribution in [0.1, 0.15) is 72.0 Å². The molecule has 0 amide bonds. The SMILES string of the molecule is [C-]#[N+]c1c(CC)c(N=Nc2cc(C(=O)O)ccc2C(=O)O)c(=O)n(CCn2c(=O)c3cc4c(=O)n(CCn5c(O)c(C#N)c(CC)c(N=Nc6cc(C(=O)O)ccc6C(=O)O)c5=O)c(=O)c4cc3c2=O)c1O. The van der Waals surface area contributed by atoms with Gasteiger partial charge in [0.05, 0.1) is 50.4 Å². The lowest BCUT2D eigenvalue weighted by Gasteiger charge is -2.14. The highest BCUT2D eigenvalue weighted by Crippen LogP contribution is 2.36. The van der Waals surface area contributed by atoms with Gasteiger partial charge < -0.3 is 30.6 Å². The lowest BCUT2D eigenvalue weighted by molar-refractivity contribution is 0.0682. The number of hydrogen-bond acceptors (Lipinski definition) is 17. The van der Waals surface area contributed by atoms with E-state index in [9.17, 15) is 83.8 Å². The lowest BCUT2D eigenvalue weighted by Crippen LogP contribution is -2.31. The number of nitriles is 1. The molecule has 7 rings (SSSR count). The third-order valence-electron chi connectivity index (χ3n) is 11.6. The lowest BCUT2D eigenvalue weighted by atomic mass is 10.1. The van der Waals surface area contributed by atoms with Crippen molar-refractivity contribution in [1.82, 2.24) is 18.3 Å². The fraction of sp³-hybridized carbons (Fsp3) is 0.174. The van der Waals surface area contributed by atoms with Gasteiger partial charge in [0.15, 0.2) is 11.6 Å². The van der Waals surface area contributed by atoms with Crippen LogP contribution in [0.15, 0.2) is 97.8 Å². The first-order valence-corrected chi connectivity index (χ1v) is 20.9. The summed E-state index contributed by atoms with van der Waals surface area (Å²) < 4.78 is 2.50. The van der Waals surface area contributed by atoms with Gasteiger partial charge in [0.25, 0.3) is 39.0 Å². The number of aromatic hydroxyl groups is 2. The van der Waals surface area contributed by atoms with Crippen molar-refractivity contribution in [3.05, 3.63) is 161 Å². The molecule has 0 fully saturated rings. The minimum absolute atomic E-state index is 0.0791. The van der Waals surface area contributed by atoms with Gasteiger partial charge in [0.2, 0.25) is 5.88 Å². The van der Waals surface area contributed by atoms with Crippen molar-refractivity contribution in [3.8, 4) is 17.8 Å². The molecule has 0 aliphatic heterocycles. The number of benzene rings is 3. The first kappa shape index (κ1) is 49.4. The van der Waals surface area contributed by atoms with Crippen molar-refractivity contribution in [2.24, 2.45) is 20.5 Å². The maximum absolute atomic E-state index is 13.9. The summed E-state index contributed by atoms with van der Waals surface area (Å²) in [6.45, 7) is 8.11. The molecule has 26 nitrogen and oxygen atoms in total. The highest BCUT2D eigenvalue weighted by atomic mass is 16.4. The van der Waals surface area contributed by atoms with Crippen LogP contribution in [0, 0.1) is 17.9 Å². The zero-order valence-electron chi connectivity index (χ0n) is 37.1. The predicted molar refractivity (Wildman–Crippen MR) is 248 cm³/mol. The van der Waals surface area contributed by atoms with Gasteiger partial charge >= 0.3 is 23.9 Å². The van der Waals surface area contributed by atoms with Crippen LogP contribution in [0.2, 0.25) is 0 Å². The Morgan fingerprint density at radius 1 is 0.542 bits per heavy atom. The molecule has 0 aliphatic carbocycles. The molecule has 3 aromatic carbocycles. The number of fused-ring (bicyclic) bond motifs is 2. The van der Waals surface area contributed by atoms with Crippen LogP contribution >= 0.6 is 0 Å². The molecular formula is C46H32N10O16. The second-order valence-corrected chi connectivity index (χ2v) is 15.4. The van der Waals surface area contributed by atoms with Gasteiger partial charge in [-0.15, -0.1) is 20.5 Å². The van der Waals surface area contributed by atoms with E-state index in [0.29, 0.717) is 18.3 Å². The smallest absolute Gasteiger partial charge is 0.337 e. The van der Waals surface area contributed by atoms with Gasteiger partial charge in [0, 0.05) is 31.7 Å². The first-order chi connectivity index (χ1) is 34.2. The molecule has 0 spiro atoms. The molecule has 0 unspecified atom stereocenters. The summed E-state index contributed by atoms with van der Waals surface area (Å²) >= 11 is 0. The van der Waals surface area contributed by atoms with E-state index in [1.54, 1.807) is 6.07 Å². The van der Waals surface area contributed by atoms with Gasteiger partial charge in [-0.05, 0) is 66.9 Å². The van der Waals surface area contributed by atoms with Crippen LogP contribution in [0.25, 0.3) is 26.4 Å². The Labute approximate surface area is 398 Å². The van der Waals surface area contributed by atoms with Crippen molar-refractivity contribution in [2.75, 3.05) is 0 Å². The Bertz CT molecular complexity index is 3730. The zero-order valence-corrected chi connectivity index (χ0v) is 37.1. The van der Waals surface area contributed by atoms with Gasteiger partial charge in [0.1, 0.15) is 28.7 Å². The van der Waals surface area contributed by atoms with Crippen molar-refractivity contribution >= 4 is 73.9 Å². The number of azo groups is 2. The number of pyridine rings is 2. The quantitative estimate of drug-likeness (QED) is 0.0583. The third kappa shape index (κ3) is 8.42. The second-order valence-electron chi connectivity index (χ2n) is 15.4. The monoisotopic (exact) mass is 980 g/mol. The predicted octanol–water partition coefficient (Wildman–Crippen LogP) is 4.22. The average Bonchev–Trinajstić information content (AvgIpc) is 3.73. The molecular weight excluding hydrogens is 949 g/mol. The Hall–Kier alpha value is -10.5. The van der Waals surface area contributed by atoms with E-state index in [4.69, 9.17) is 6.57 Å². The Morgan fingerprint density at radius 2 is 0.917 bits per heavy atom. The van der Waals surface area contributed by atoms with Crippen LogP contribution in [0.4, 0.5) is 28.4 Å². The number of aromatic nitrogens is 4. The topological polar surface area (TPSA) is 389 Å². The normalized spacial score (nSPS) is 11.4. The highest BCUT2D eigenvalue weighted by Gasteiger charge is 2.26. The van der Waals surface area contributed by atoms with Crippen molar-refractivity contribution in [2.45, 2.75) is 52.9 Å². The maximum atomic E-state index is 13.9. The summed E-state index contributed by atoms with van der Waals surface area (Å²) in [6, 6.07) is 9.43. The van der Waals surface area contributed by atoms with E-state index in [1.807, 2.05) is 0 Å². The molecule has 0 aliphatic rings. The Morgan fingerprint density at radius 3 is 1.26 bits per heavy atom. The molecule has 0 saturated heterocycles. The molecule has 4 aromatic heterocycles. The maximum Gasteiger partial charge on any atom is 0.337 e. The number of carbonyl (C=O) groups is 4. The number of carboxylic acids is 4. The molecule has 6 N–H and O–H groups in total. The van der Waals surface area contributed by atoms with Crippen LogP contribution < -0.4 is 33.4 Å². The second kappa shape index (κ2) is 19.2. The summed E-state index contributed by atoms with van der Waals surface area (Å²) in [5.74, 6) is -7.64. The van der Waals surface area contributed by atoms with Crippen molar-refractivity contribution < 1.29 is 49.8 Å². The molecule has 0 bridgehead atoms. The van der Waals surface area contributed by atoms with E-state index >= 15 is 0 Å². The van der Waals surface area contributed by atoms with Gasteiger partial charge in [-0.3, -0.25) is 47.0 Å². The number of carboxylic acid groups (broad SMARTS) is 4. The summed E-state index contributed by atoms with van der Waals surface area (Å²) in [5, 5.41) is 84.2. The minimum Gasteiger partial charge on any atom is -0.503 e. The molecule has 72 heavy (non-hydrogen) atoms. The fourth-order valence-corrected chi connectivity index (χ4v) is 7.95. The standard InChI is InChI=1S/C46H32N10O16/c1-4-21-29(18-47)39(61)55(41(63)33(21)51-49-30-14-19(43(65)66)6-8-23(30)45(69)70)12-10-53-35(57)25-16-27-28(17-26(25)36(53)58)38(60)54(37(27)59)11-13-56-40(62)32(48-3)22(5-2)34(42(56)64)52-50-31-15-20(44(67)68)7-9-24(31)46(71)72/h6-9,14-17,61-62H,4-5,10-13H2,1-2H3,(H,65,66)(H,67,68)(H,69,70)(H,71,72). The third-order valence-corrected chi connectivity index (χ3v) is 11.6. The molecule has 4 heterocycles. The van der Waals surface area contributed by atoms with E-state index in [1.165, 1.54) is 13.8 Å². The number of rotatable bonds is 16. The number of hydrogen-bond donors (Lipinski definition) is 6. The Balaban J connectivity index is 1.23. The summed E-state index contributed by atoms with van der Waals surface area (Å²) in [4.78, 5) is 133. The van der Waals surface area contributed by atoms with E-state index in [-0.39, 0.29) is 56.6 Å². The summed E-state index contributed by atoms with van der Waals surface area (Å²) in [7, 11) is 0. The molecule has 0 saturated carbocycles. The highest BCUT2D eigenvalue weighted by molar-refractivity contribution is 5.99. The van der Waals surface area contributed by atoms with Crippen LogP contribution in [0.5, 0.6) is 11.8 Å². The van der Waals surface area contributed by atoms with Crippen molar-refractivity contribution in [3.63, 3.8) is 0 Å². The largest absolute Gasteiger partial charge is 0.503 e. The van der Waals surface area contributed by atoms with E-state index in [0.717, 1.165) is 48.5 Å². The van der Waals surface area contributed by atoms with E-state index < -0.39 is 140 Å². The Kier molecular flexibility index (Phi) is 13.2. The molecule has 26 heteroatoms. The average molecular weight is 981 g/mol. The van der Waals surface area contributed by atoms with Gasteiger partial charge in [-0.2, -0.15) is 5.26 Å². The molecule has 0 atom stereocenters. The van der Waals surface area contributed by atoms with E-state index in [2.05, 4.69) is 25.3 Å². The number of aromatic carboxylic acids is 4. The zero-order chi connectivity index (χ0) is 52.6. The van der Waals surface area contributed by atoms with Crippen molar-refractivity contribution in [1.29, 1.82) is 5.26 Å². The fourth-order valence-electron chi connectivity index (χ4n) is 7.95. The van der Waals surface area contributed by atoms with Crippen LogP contribution in [-0.4, -0.2) is 72.8 Å². The molecule has 0 radical (unpaired) electrons. The number of nitrogens with zero attached hydrogens (tertiary/aromatic N) is 10. The minimum atomic E-state index is -1.51. The van der Waals surface area contributed by atoms with Crippen LogP contribution in [0.3, 0.4) is 0 Å². The van der Waals surface area contributed by atoms with Crippen LogP contribution in [-0.2, 0) is 39.0 Å². The summed E-state index contributed by atoms with van der Waals surface area (Å²) in [6.07, 6.45) is -0.166. The van der Waals surface area contributed by atoms with Gasteiger partial charge in [-0.25, -0.2) is 24.0 Å².